The van der Waals surface area contributed by atoms with Crippen LogP contribution in [0, 0.1) is 0 Å². The zero-order chi connectivity index (χ0) is 25.8. The number of carbonyl (C=O) groups excluding carboxylic acids is 3. The predicted octanol–water partition coefficient (Wildman–Crippen LogP) is 4.79. The molecule has 1 N–H and O–H groups in total. The maximum atomic E-state index is 12.7. The minimum atomic E-state index is -0.701. The fourth-order valence-electron chi connectivity index (χ4n) is 3.13. The summed E-state index contributed by atoms with van der Waals surface area (Å²) in [5, 5.41) is 7.13. The molecular formula is C24H28N4O6S. The number of esters is 1. The molecule has 0 saturated carbocycles. The van der Waals surface area contributed by atoms with Gasteiger partial charge in [-0.1, -0.05) is 23.5 Å². The molecule has 3 rings (SSSR count). The number of thiazole rings is 1. The number of ketones is 1. The van der Waals surface area contributed by atoms with Crippen LogP contribution in [0.25, 0.3) is 11.3 Å². The van der Waals surface area contributed by atoms with Crippen LogP contribution >= 0.6 is 11.3 Å². The summed E-state index contributed by atoms with van der Waals surface area (Å²) in [5.41, 5.74) is 0.811. The second-order valence-electron chi connectivity index (χ2n) is 8.54. The molecule has 0 fully saturated rings. The molecule has 0 aliphatic heterocycles. The van der Waals surface area contributed by atoms with Crippen LogP contribution in [0.2, 0.25) is 0 Å². The Morgan fingerprint density at radius 3 is 2.40 bits per heavy atom. The molecule has 1 aromatic carbocycles. The fourth-order valence-corrected chi connectivity index (χ4v) is 3.99. The second-order valence-corrected chi connectivity index (χ2v) is 9.54. The second kappa shape index (κ2) is 10.7. The van der Waals surface area contributed by atoms with Crippen LogP contribution in [0.5, 0.6) is 5.75 Å². The monoisotopic (exact) mass is 500 g/mol. The molecular weight excluding hydrogens is 472 g/mol. The number of Topliss-reactive ketones (excluding diaryl/α,β-unsaturated/α-hetero) is 1. The Morgan fingerprint density at radius 2 is 1.83 bits per heavy atom. The number of hydrogen-bond acceptors (Lipinski definition) is 9. The van der Waals surface area contributed by atoms with Crippen molar-refractivity contribution in [3.63, 3.8) is 0 Å². The SMILES string of the molecule is CCOC(=O)c1nn(Cc2ccc(OC)cc2)cc1-c1nc(NC(=O)OC(C)(C)C)sc1C(C)=O. The molecule has 10 nitrogen and oxygen atoms in total. The molecule has 0 saturated heterocycles. The molecule has 0 atom stereocenters. The summed E-state index contributed by atoms with van der Waals surface area (Å²) in [6.07, 6.45) is 0.934. The minimum Gasteiger partial charge on any atom is -0.497 e. The molecule has 35 heavy (non-hydrogen) atoms. The molecule has 2 heterocycles. The van der Waals surface area contributed by atoms with Gasteiger partial charge >= 0.3 is 12.1 Å². The first kappa shape index (κ1) is 25.9. The van der Waals surface area contributed by atoms with E-state index in [0.717, 1.165) is 22.6 Å². The molecule has 0 aliphatic carbocycles. The van der Waals surface area contributed by atoms with Crippen molar-refractivity contribution >= 4 is 34.3 Å². The number of anilines is 1. The van der Waals surface area contributed by atoms with Crippen LogP contribution < -0.4 is 10.1 Å². The molecule has 0 unspecified atom stereocenters. The highest BCUT2D eigenvalue weighted by molar-refractivity contribution is 7.18. The molecule has 2 aromatic heterocycles. The summed E-state index contributed by atoms with van der Waals surface area (Å²) < 4.78 is 17.2. The van der Waals surface area contributed by atoms with E-state index in [0.29, 0.717) is 12.1 Å². The number of rotatable bonds is 8. The topological polar surface area (TPSA) is 122 Å². The van der Waals surface area contributed by atoms with Gasteiger partial charge in [0.1, 0.15) is 11.4 Å². The van der Waals surface area contributed by atoms with E-state index in [1.165, 1.54) is 6.92 Å². The first-order valence-corrected chi connectivity index (χ1v) is 11.7. The lowest BCUT2D eigenvalue weighted by Crippen LogP contribution is -2.27. The number of aromatic nitrogens is 3. The molecule has 11 heteroatoms. The van der Waals surface area contributed by atoms with Gasteiger partial charge in [0.05, 0.1) is 36.4 Å². The van der Waals surface area contributed by atoms with Gasteiger partial charge in [0, 0.05) is 13.1 Å². The van der Waals surface area contributed by atoms with Crippen molar-refractivity contribution in [2.45, 2.75) is 46.8 Å². The molecule has 1 amide bonds. The standard InChI is InChI=1S/C24H28N4O6S/c1-7-33-21(30)19-17(13-28(27-19)12-15-8-10-16(32-6)11-9-15)18-20(14(2)29)35-22(25-18)26-23(31)34-24(3,4)5/h8-11,13H,7,12H2,1-6H3,(H,25,26,31). The minimum absolute atomic E-state index is 0.0250. The van der Waals surface area contributed by atoms with Crippen LogP contribution in [-0.4, -0.2) is 51.9 Å². The number of ether oxygens (including phenoxy) is 3. The first-order valence-electron chi connectivity index (χ1n) is 10.9. The van der Waals surface area contributed by atoms with Crippen LogP contribution in [0.4, 0.5) is 9.93 Å². The van der Waals surface area contributed by atoms with Crippen molar-refractivity contribution in [3.8, 4) is 17.0 Å². The lowest BCUT2D eigenvalue weighted by Gasteiger charge is -2.18. The summed E-state index contributed by atoms with van der Waals surface area (Å²) in [6.45, 7) is 8.82. The van der Waals surface area contributed by atoms with Crippen LogP contribution in [-0.2, 0) is 16.0 Å². The molecule has 3 aromatic rings. The van der Waals surface area contributed by atoms with Gasteiger partial charge in [-0.3, -0.25) is 14.8 Å². The Bertz CT molecular complexity index is 1220. The van der Waals surface area contributed by atoms with Crippen LogP contribution in [0.15, 0.2) is 30.5 Å². The Morgan fingerprint density at radius 1 is 1.14 bits per heavy atom. The van der Waals surface area contributed by atoms with E-state index in [-0.39, 0.29) is 33.8 Å². The van der Waals surface area contributed by atoms with Gasteiger partial charge < -0.3 is 14.2 Å². The van der Waals surface area contributed by atoms with Crippen LogP contribution in [0.1, 0.15) is 60.3 Å². The third kappa shape index (κ3) is 6.66. The zero-order valence-electron chi connectivity index (χ0n) is 20.5. The average molecular weight is 501 g/mol. The maximum Gasteiger partial charge on any atom is 0.413 e. The van der Waals surface area contributed by atoms with Gasteiger partial charge in [0.25, 0.3) is 0 Å². The Labute approximate surface area is 207 Å². The van der Waals surface area contributed by atoms with E-state index in [9.17, 15) is 14.4 Å². The van der Waals surface area contributed by atoms with E-state index in [1.54, 1.807) is 45.7 Å². The number of nitrogens with zero attached hydrogens (tertiary/aromatic N) is 3. The van der Waals surface area contributed by atoms with Crippen molar-refractivity contribution in [3.05, 3.63) is 46.6 Å². The van der Waals surface area contributed by atoms with Crippen molar-refractivity contribution in [2.75, 3.05) is 19.0 Å². The number of hydrogen-bond donors (Lipinski definition) is 1. The summed E-state index contributed by atoms with van der Waals surface area (Å²) in [5.74, 6) is -0.187. The summed E-state index contributed by atoms with van der Waals surface area (Å²) >= 11 is 0.992. The fraction of sp³-hybridized carbons (Fsp3) is 0.375. The first-order chi connectivity index (χ1) is 16.5. The number of carbonyl (C=O) groups is 3. The largest absolute Gasteiger partial charge is 0.497 e. The molecule has 0 bridgehead atoms. The highest BCUT2D eigenvalue weighted by Gasteiger charge is 2.27. The van der Waals surface area contributed by atoms with Crippen LogP contribution in [0.3, 0.4) is 0 Å². The maximum absolute atomic E-state index is 12.7. The van der Waals surface area contributed by atoms with Crippen molar-refractivity contribution < 1.29 is 28.6 Å². The highest BCUT2D eigenvalue weighted by atomic mass is 32.1. The lowest BCUT2D eigenvalue weighted by molar-refractivity contribution is 0.0518. The molecule has 0 radical (unpaired) electrons. The summed E-state index contributed by atoms with van der Waals surface area (Å²) in [7, 11) is 1.59. The Kier molecular flexibility index (Phi) is 7.90. The third-order valence-corrected chi connectivity index (χ3v) is 5.62. The van der Waals surface area contributed by atoms with E-state index in [1.807, 2.05) is 24.3 Å². The zero-order valence-corrected chi connectivity index (χ0v) is 21.3. The van der Waals surface area contributed by atoms with Crippen molar-refractivity contribution in [1.82, 2.24) is 14.8 Å². The van der Waals surface area contributed by atoms with Crippen molar-refractivity contribution in [1.29, 1.82) is 0 Å². The van der Waals surface area contributed by atoms with E-state index >= 15 is 0 Å². The van der Waals surface area contributed by atoms with Gasteiger partial charge in [-0.25, -0.2) is 14.6 Å². The van der Waals surface area contributed by atoms with E-state index in [2.05, 4.69) is 15.4 Å². The average Bonchev–Trinajstić information content (AvgIpc) is 3.37. The van der Waals surface area contributed by atoms with Gasteiger partial charge in [-0.2, -0.15) is 5.10 Å². The van der Waals surface area contributed by atoms with Gasteiger partial charge in [0.2, 0.25) is 0 Å². The predicted molar refractivity (Wildman–Crippen MR) is 131 cm³/mol. The smallest absolute Gasteiger partial charge is 0.413 e. The Balaban J connectivity index is 2.00. The lowest BCUT2D eigenvalue weighted by atomic mass is 10.1. The number of nitrogens with one attached hydrogen (secondary N) is 1. The third-order valence-electron chi connectivity index (χ3n) is 4.54. The van der Waals surface area contributed by atoms with Gasteiger partial charge in [-0.05, 0) is 45.4 Å². The quantitative estimate of drug-likeness (QED) is 0.346. The number of benzene rings is 1. The molecule has 0 spiro atoms. The summed E-state index contributed by atoms with van der Waals surface area (Å²) in [4.78, 5) is 42.0. The van der Waals surface area contributed by atoms with E-state index in [4.69, 9.17) is 14.2 Å². The van der Waals surface area contributed by atoms with Crippen molar-refractivity contribution in [2.24, 2.45) is 0 Å². The highest BCUT2D eigenvalue weighted by Crippen LogP contribution is 2.34. The van der Waals surface area contributed by atoms with Gasteiger partial charge in [-0.15, -0.1) is 0 Å². The Hall–Kier alpha value is -3.73. The molecule has 0 aliphatic rings. The van der Waals surface area contributed by atoms with Gasteiger partial charge in [0.15, 0.2) is 16.6 Å². The number of methoxy groups -OCH3 is 1. The summed E-state index contributed by atoms with van der Waals surface area (Å²) in [6, 6.07) is 7.43. The number of amides is 1. The normalized spacial score (nSPS) is 11.1. The van der Waals surface area contributed by atoms with E-state index < -0.39 is 17.7 Å². The molecule has 186 valence electrons.